The van der Waals surface area contributed by atoms with E-state index in [1.54, 1.807) is 31.4 Å². The molecule has 0 fully saturated rings. The van der Waals surface area contributed by atoms with Crippen LogP contribution in [0.4, 0.5) is 11.4 Å². The van der Waals surface area contributed by atoms with E-state index in [4.69, 9.17) is 4.74 Å². The molecule has 0 aromatic heterocycles. The fourth-order valence-corrected chi connectivity index (χ4v) is 2.80. The smallest absolute Gasteiger partial charge is 0.255 e. The van der Waals surface area contributed by atoms with E-state index in [9.17, 15) is 9.59 Å². The summed E-state index contributed by atoms with van der Waals surface area (Å²) < 4.78 is 5.12. The number of hydrogen-bond donors (Lipinski definition) is 2. The van der Waals surface area contributed by atoms with Gasteiger partial charge in [0.05, 0.1) is 13.5 Å². The Morgan fingerprint density at radius 1 is 0.857 bits per heavy atom. The third-order valence-electron chi connectivity index (χ3n) is 4.21. The lowest BCUT2D eigenvalue weighted by molar-refractivity contribution is -0.115. The Hall–Kier alpha value is -3.60. The van der Waals surface area contributed by atoms with E-state index in [0.717, 1.165) is 22.6 Å². The summed E-state index contributed by atoms with van der Waals surface area (Å²) in [4.78, 5) is 24.8. The lowest BCUT2D eigenvalue weighted by atomic mass is 10.1. The van der Waals surface area contributed by atoms with Gasteiger partial charge in [0.2, 0.25) is 5.91 Å². The monoisotopic (exact) mass is 374 g/mol. The molecule has 0 unspecified atom stereocenters. The lowest BCUT2D eigenvalue weighted by Crippen LogP contribution is -2.16. The number of carbonyl (C=O) groups is 2. The predicted molar refractivity (Wildman–Crippen MR) is 111 cm³/mol. The number of carbonyl (C=O) groups excluding carboxylic acids is 2. The molecule has 5 heteroatoms. The second-order valence-electron chi connectivity index (χ2n) is 6.48. The third kappa shape index (κ3) is 5.20. The summed E-state index contributed by atoms with van der Waals surface area (Å²) in [6.07, 6.45) is 0.240. The lowest BCUT2D eigenvalue weighted by Gasteiger charge is -2.09. The zero-order valence-electron chi connectivity index (χ0n) is 15.9. The van der Waals surface area contributed by atoms with Gasteiger partial charge in [0, 0.05) is 16.9 Å². The molecule has 0 aliphatic rings. The van der Waals surface area contributed by atoms with E-state index in [2.05, 4.69) is 10.6 Å². The summed E-state index contributed by atoms with van der Waals surface area (Å²) in [7, 11) is 1.60. The van der Waals surface area contributed by atoms with Crippen molar-refractivity contribution in [3.05, 3.63) is 89.5 Å². The van der Waals surface area contributed by atoms with Crippen LogP contribution >= 0.6 is 0 Å². The number of hydrogen-bond acceptors (Lipinski definition) is 3. The zero-order chi connectivity index (χ0) is 19.9. The first-order valence-electron chi connectivity index (χ1n) is 8.94. The highest BCUT2D eigenvalue weighted by Crippen LogP contribution is 2.16. The highest BCUT2D eigenvalue weighted by Gasteiger charge is 2.09. The first-order chi connectivity index (χ1) is 13.5. The molecule has 0 heterocycles. The van der Waals surface area contributed by atoms with Crippen LogP contribution in [0.2, 0.25) is 0 Å². The predicted octanol–water partition coefficient (Wildman–Crippen LogP) is 4.44. The summed E-state index contributed by atoms with van der Waals surface area (Å²) >= 11 is 0. The molecule has 3 aromatic carbocycles. The average Bonchev–Trinajstić information content (AvgIpc) is 2.68. The number of nitrogens with one attached hydrogen (secondary N) is 2. The first kappa shape index (κ1) is 19.2. The number of aryl methyl sites for hydroxylation is 1. The van der Waals surface area contributed by atoms with E-state index in [-0.39, 0.29) is 18.2 Å². The second-order valence-corrected chi connectivity index (χ2v) is 6.48. The number of benzene rings is 3. The van der Waals surface area contributed by atoms with Crippen molar-refractivity contribution in [3.8, 4) is 5.75 Å². The molecule has 5 nitrogen and oxygen atoms in total. The van der Waals surface area contributed by atoms with E-state index >= 15 is 0 Å². The zero-order valence-corrected chi connectivity index (χ0v) is 15.9. The van der Waals surface area contributed by atoms with Crippen molar-refractivity contribution < 1.29 is 14.3 Å². The standard InChI is InChI=1S/C23H22N2O3/c1-16-5-3-7-19(13-16)25-23(27)18-6-4-8-20(15-18)24-22(26)14-17-9-11-21(28-2)12-10-17/h3-13,15H,14H2,1-2H3,(H,24,26)(H,25,27). The molecule has 3 aromatic rings. The molecular weight excluding hydrogens is 352 g/mol. The van der Waals surface area contributed by atoms with Gasteiger partial charge < -0.3 is 15.4 Å². The molecule has 0 atom stereocenters. The van der Waals surface area contributed by atoms with Gasteiger partial charge in [-0.15, -0.1) is 0 Å². The number of rotatable bonds is 6. The van der Waals surface area contributed by atoms with Crippen LogP contribution in [0.15, 0.2) is 72.8 Å². The maximum absolute atomic E-state index is 12.5. The Labute approximate surface area is 164 Å². The van der Waals surface area contributed by atoms with Gasteiger partial charge >= 0.3 is 0 Å². The van der Waals surface area contributed by atoms with Crippen molar-refractivity contribution in [2.45, 2.75) is 13.3 Å². The molecule has 0 aliphatic heterocycles. The topological polar surface area (TPSA) is 67.4 Å². The normalized spacial score (nSPS) is 10.2. The molecule has 142 valence electrons. The van der Waals surface area contributed by atoms with Crippen LogP contribution in [-0.4, -0.2) is 18.9 Å². The van der Waals surface area contributed by atoms with Crippen molar-refractivity contribution in [2.75, 3.05) is 17.7 Å². The second kappa shape index (κ2) is 8.86. The van der Waals surface area contributed by atoms with Gasteiger partial charge in [-0.3, -0.25) is 9.59 Å². The highest BCUT2D eigenvalue weighted by molar-refractivity contribution is 6.05. The minimum Gasteiger partial charge on any atom is -0.497 e. The summed E-state index contributed by atoms with van der Waals surface area (Å²) in [5, 5.41) is 5.70. The summed E-state index contributed by atoms with van der Waals surface area (Å²) in [6, 6.07) is 21.8. The van der Waals surface area contributed by atoms with Gasteiger partial charge in [-0.25, -0.2) is 0 Å². The number of ether oxygens (including phenoxy) is 1. The Kier molecular flexibility index (Phi) is 6.07. The number of anilines is 2. The molecule has 0 radical (unpaired) electrons. The molecular formula is C23H22N2O3. The molecule has 0 aliphatic carbocycles. The Bertz CT molecular complexity index is 981. The number of methoxy groups -OCH3 is 1. The minimum absolute atomic E-state index is 0.151. The summed E-state index contributed by atoms with van der Waals surface area (Å²) in [6.45, 7) is 1.97. The van der Waals surface area contributed by atoms with E-state index in [0.29, 0.717) is 11.3 Å². The first-order valence-corrected chi connectivity index (χ1v) is 8.94. The van der Waals surface area contributed by atoms with Crippen LogP contribution in [0, 0.1) is 6.92 Å². The van der Waals surface area contributed by atoms with Crippen molar-refractivity contribution in [1.29, 1.82) is 0 Å². The van der Waals surface area contributed by atoms with Crippen LogP contribution in [0.1, 0.15) is 21.5 Å². The fraction of sp³-hybridized carbons (Fsp3) is 0.130. The maximum atomic E-state index is 12.5. The van der Waals surface area contributed by atoms with Gasteiger partial charge in [0.25, 0.3) is 5.91 Å². The van der Waals surface area contributed by atoms with Crippen molar-refractivity contribution in [1.82, 2.24) is 0 Å². The van der Waals surface area contributed by atoms with Crippen LogP contribution < -0.4 is 15.4 Å². The molecule has 3 rings (SSSR count). The molecule has 2 amide bonds. The summed E-state index contributed by atoms with van der Waals surface area (Å²) in [5.74, 6) is 0.370. The SMILES string of the molecule is COc1ccc(CC(=O)Nc2cccc(C(=O)Nc3cccc(C)c3)c2)cc1. The molecule has 0 spiro atoms. The van der Waals surface area contributed by atoms with Gasteiger partial charge in [-0.1, -0.05) is 30.3 Å². The Morgan fingerprint density at radius 2 is 1.54 bits per heavy atom. The summed E-state index contributed by atoms with van der Waals surface area (Å²) in [5.41, 5.74) is 3.74. The van der Waals surface area contributed by atoms with Crippen LogP contribution in [0.5, 0.6) is 5.75 Å². The van der Waals surface area contributed by atoms with Gasteiger partial charge in [0.1, 0.15) is 5.75 Å². The van der Waals surface area contributed by atoms with E-state index < -0.39 is 0 Å². The molecule has 0 saturated carbocycles. The third-order valence-corrected chi connectivity index (χ3v) is 4.21. The molecule has 0 bridgehead atoms. The van der Waals surface area contributed by atoms with Crippen LogP contribution in [0.3, 0.4) is 0 Å². The largest absolute Gasteiger partial charge is 0.497 e. The van der Waals surface area contributed by atoms with Crippen molar-refractivity contribution >= 4 is 23.2 Å². The highest BCUT2D eigenvalue weighted by atomic mass is 16.5. The van der Waals surface area contributed by atoms with E-state index in [1.807, 2.05) is 55.5 Å². The van der Waals surface area contributed by atoms with Crippen LogP contribution in [-0.2, 0) is 11.2 Å². The maximum Gasteiger partial charge on any atom is 0.255 e. The van der Waals surface area contributed by atoms with Gasteiger partial charge in [0.15, 0.2) is 0 Å². The molecule has 0 saturated heterocycles. The molecule has 2 N–H and O–H groups in total. The number of amides is 2. The molecule has 28 heavy (non-hydrogen) atoms. The Morgan fingerprint density at radius 3 is 2.21 bits per heavy atom. The van der Waals surface area contributed by atoms with Crippen molar-refractivity contribution in [3.63, 3.8) is 0 Å². The van der Waals surface area contributed by atoms with Gasteiger partial charge in [-0.05, 0) is 60.5 Å². The van der Waals surface area contributed by atoms with Crippen molar-refractivity contribution in [2.24, 2.45) is 0 Å². The quantitative estimate of drug-likeness (QED) is 0.670. The minimum atomic E-state index is -0.225. The Balaban J connectivity index is 1.63. The van der Waals surface area contributed by atoms with Crippen LogP contribution in [0.25, 0.3) is 0 Å². The van der Waals surface area contributed by atoms with E-state index in [1.165, 1.54) is 0 Å². The van der Waals surface area contributed by atoms with Gasteiger partial charge in [-0.2, -0.15) is 0 Å². The average molecular weight is 374 g/mol. The fourth-order valence-electron chi connectivity index (χ4n) is 2.80.